The Balaban J connectivity index is 4.07. The zero-order valence-corrected chi connectivity index (χ0v) is 8.33. The first kappa shape index (κ1) is 10.6. The third-order valence-corrected chi connectivity index (χ3v) is 4.12. The van der Waals surface area contributed by atoms with Crippen LogP contribution in [0.3, 0.4) is 0 Å². The van der Waals surface area contributed by atoms with E-state index in [4.69, 9.17) is 4.89 Å². The molecule has 0 saturated carbocycles. The van der Waals surface area contributed by atoms with Gasteiger partial charge >= 0.3 is 0 Å². The van der Waals surface area contributed by atoms with Gasteiger partial charge in [0.1, 0.15) is 11.8 Å². The highest BCUT2D eigenvalue weighted by Crippen LogP contribution is 2.51. The number of hydrogen-bond acceptors (Lipinski definition) is 2. The predicted octanol–water partition coefficient (Wildman–Crippen LogP) is 1.59. The summed E-state index contributed by atoms with van der Waals surface area (Å²) in [5, 5.41) is 0. The summed E-state index contributed by atoms with van der Waals surface area (Å²) in [6.45, 7) is 1.94. The zero-order chi connectivity index (χ0) is 8.20. The molecule has 1 N–H and O–H groups in total. The molecule has 10 heavy (non-hydrogen) atoms. The van der Waals surface area contributed by atoms with Gasteiger partial charge in [-0.1, -0.05) is 25.2 Å². The second-order valence-electron chi connectivity index (χ2n) is 2.08. The van der Waals surface area contributed by atoms with Crippen LogP contribution in [0.25, 0.3) is 0 Å². The van der Waals surface area contributed by atoms with Gasteiger partial charge in [-0.3, -0.25) is 0 Å². The van der Waals surface area contributed by atoms with Crippen LogP contribution in [0.15, 0.2) is 0 Å². The van der Waals surface area contributed by atoms with Crippen LogP contribution in [0, 0.1) is 0 Å². The van der Waals surface area contributed by atoms with Crippen molar-refractivity contribution in [1.29, 1.82) is 0 Å². The molecule has 0 aromatic heterocycles. The maximum atomic E-state index is 10.3. The summed E-state index contributed by atoms with van der Waals surface area (Å²) < 4.78 is 0. The third kappa shape index (κ3) is 3.71. The third-order valence-electron chi connectivity index (χ3n) is 1.17. The van der Waals surface area contributed by atoms with Gasteiger partial charge in [0.25, 0.3) is 0 Å². The summed E-state index contributed by atoms with van der Waals surface area (Å²) >= 11 is 8.48. The number of rotatable bonds is 4. The van der Waals surface area contributed by atoms with Crippen molar-refractivity contribution >= 4 is 35.8 Å². The Hall–Kier alpha value is 0.630. The molecule has 2 atom stereocenters. The highest BCUT2D eigenvalue weighted by atomic mass is 32.9. The van der Waals surface area contributed by atoms with Crippen LogP contribution in [0.2, 0.25) is 0 Å². The molecule has 5 heteroatoms. The molecular weight excluding hydrogens is 187 g/mol. The van der Waals surface area contributed by atoms with E-state index in [2.05, 4.69) is 24.1 Å². The normalized spacial score (nSPS) is 19.5. The Morgan fingerprint density at radius 3 is 2.50 bits per heavy atom. The Morgan fingerprint density at radius 1 is 1.90 bits per heavy atom. The lowest BCUT2D eigenvalue weighted by Gasteiger charge is -2.14. The van der Waals surface area contributed by atoms with Gasteiger partial charge in [0, 0.05) is 0 Å². The molecular formula is C5H11O2PS2. The van der Waals surface area contributed by atoms with Crippen molar-refractivity contribution in [3.05, 3.63) is 0 Å². The highest BCUT2D eigenvalue weighted by Gasteiger charge is 2.20. The van der Waals surface area contributed by atoms with Gasteiger partial charge in [-0.2, -0.15) is 0 Å². The van der Waals surface area contributed by atoms with E-state index in [0.717, 1.165) is 6.42 Å². The van der Waals surface area contributed by atoms with Gasteiger partial charge in [-0.15, -0.1) is 12.2 Å². The molecule has 2 unspecified atom stereocenters. The van der Waals surface area contributed by atoms with E-state index in [-0.39, 0.29) is 0 Å². The van der Waals surface area contributed by atoms with Crippen molar-refractivity contribution in [2.24, 2.45) is 0 Å². The van der Waals surface area contributed by atoms with Gasteiger partial charge in [0.05, 0.1) is 5.66 Å². The molecule has 0 aromatic carbocycles. The monoisotopic (exact) mass is 198 g/mol. The molecule has 0 aliphatic rings. The molecule has 0 fully saturated rings. The Morgan fingerprint density at radius 2 is 2.40 bits per heavy atom. The molecule has 0 amide bonds. The highest BCUT2D eigenvalue weighted by molar-refractivity contribution is 8.61. The summed E-state index contributed by atoms with van der Waals surface area (Å²) in [4.78, 5) is 19.5. The molecule has 0 radical (unpaired) electrons. The van der Waals surface area contributed by atoms with Gasteiger partial charge in [-0.25, -0.2) is 0 Å². The number of thiol groups is 1. The van der Waals surface area contributed by atoms with Crippen molar-refractivity contribution in [2.75, 3.05) is 0 Å². The van der Waals surface area contributed by atoms with Crippen molar-refractivity contribution in [3.63, 3.8) is 0 Å². The first-order valence-corrected chi connectivity index (χ1v) is 7.00. The second kappa shape index (κ2) is 4.50. The Labute approximate surface area is 71.3 Å². The second-order valence-corrected chi connectivity index (χ2v) is 8.23. The summed E-state index contributed by atoms with van der Waals surface area (Å²) in [5.41, 5.74) is -3.05. The van der Waals surface area contributed by atoms with Crippen molar-refractivity contribution in [2.45, 2.75) is 25.4 Å². The summed E-state index contributed by atoms with van der Waals surface area (Å²) in [6.07, 6.45) is 2.20. The maximum absolute atomic E-state index is 10.3. The van der Waals surface area contributed by atoms with Crippen LogP contribution >= 0.6 is 17.7 Å². The van der Waals surface area contributed by atoms with Crippen LogP contribution in [0.5, 0.6) is 0 Å². The first-order chi connectivity index (χ1) is 4.52. The van der Waals surface area contributed by atoms with E-state index in [1.807, 2.05) is 6.92 Å². The predicted molar refractivity (Wildman–Crippen MR) is 50.2 cm³/mol. The van der Waals surface area contributed by atoms with Crippen LogP contribution < -0.4 is 0 Å². The number of aldehydes is 1. The molecule has 2 nitrogen and oxygen atoms in total. The van der Waals surface area contributed by atoms with Gasteiger partial charge < -0.3 is 9.69 Å². The molecule has 0 aromatic rings. The maximum Gasteiger partial charge on any atom is 0.131 e. The summed E-state index contributed by atoms with van der Waals surface area (Å²) in [6, 6.07) is 0. The van der Waals surface area contributed by atoms with Crippen LogP contribution in [-0.4, -0.2) is 16.8 Å². The molecule has 0 aliphatic heterocycles. The van der Waals surface area contributed by atoms with E-state index in [0.29, 0.717) is 12.7 Å². The lowest BCUT2D eigenvalue weighted by atomic mass is 10.3. The fourth-order valence-electron chi connectivity index (χ4n) is 0.611. The fourth-order valence-corrected chi connectivity index (χ4v) is 2.34. The topological polar surface area (TPSA) is 37.3 Å². The first-order valence-electron chi connectivity index (χ1n) is 3.03. The molecule has 0 rings (SSSR count). The molecule has 0 heterocycles. The molecule has 0 spiro atoms. The van der Waals surface area contributed by atoms with Crippen LogP contribution in [-0.2, 0) is 16.6 Å². The van der Waals surface area contributed by atoms with Gasteiger partial charge in [0.2, 0.25) is 0 Å². The standard InChI is InChI=1S/C5H11O2PS2/c1-2-3-5(4-6)8(7,9)10/h4-5H,2-3H2,1H3,(H2,7,9,10). The van der Waals surface area contributed by atoms with E-state index in [1.54, 1.807) is 0 Å². The zero-order valence-electron chi connectivity index (χ0n) is 5.73. The van der Waals surface area contributed by atoms with Crippen molar-refractivity contribution in [3.8, 4) is 0 Å². The SMILES string of the molecule is CCCC(C=O)P(O)(=S)S. The smallest absolute Gasteiger partial charge is 0.131 e. The largest absolute Gasteiger partial charge is 0.357 e. The summed E-state index contributed by atoms with van der Waals surface area (Å²) in [7, 11) is 0. The number of carbonyl (C=O) groups is 1. The van der Waals surface area contributed by atoms with Gasteiger partial charge in [0.15, 0.2) is 0 Å². The molecule has 0 aliphatic carbocycles. The molecule has 0 saturated heterocycles. The van der Waals surface area contributed by atoms with E-state index >= 15 is 0 Å². The summed E-state index contributed by atoms with van der Waals surface area (Å²) in [5.74, 6) is 0. The number of hydrogen-bond donors (Lipinski definition) is 2. The minimum absolute atomic E-state index is 0.421. The molecule has 60 valence electrons. The van der Waals surface area contributed by atoms with Crippen molar-refractivity contribution < 1.29 is 9.69 Å². The number of carbonyl (C=O) groups excluding carboxylic acids is 1. The van der Waals surface area contributed by atoms with E-state index < -0.39 is 11.1 Å². The van der Waals surface area contributed by atoms with Crippen LogP contribution in [0.1, 0.15) is 19.8 Å². The van der Waals surface area contributed by atoms with Crippen LogP contribution in [0.4, 0.5) is 0 Å². The molecule has 0 bridgehead atoms. The Bertz CT molecular complexity index is 154. The minimum atomic E-state index is -2.63. The quantitative estimate of drug-likeness (QED) is 0.409. The van der Waals surface area contributed by atoms with Crippen molar-refractivity contribution in [1.82, 2.24) is 0 Å². The Kier molecular flexibility index (Phi) is 4.78. The van der Waals surface area contributed by atoms with E-state index in [1.165, 1.54) is 0 Å². The average molecular weight is 198 g/mol. The fraction of sp³-hybridized carbons (Fsp3) is 0.800. The lowest BCUT2D eigenvalue weighted by molar-refractivity contribution is -0.107. The van der Waals surface area contributed by atoms with E-state index in [9.17, 15) is 4.79 Å². The minimum Gasteiger partial charge on any atom is -0.357 e. The van der Waals surface area contributed by atoms with Gasteiger partial charge in [-0.05, 0) is 6.42 Å². The average Bonchev–Trinajstić information content (AvgIpc) is 1.80. The lowest BCUT2D eigenvalue weighted by Crippen LogP contribution is -2.05.